The zero-order valence-electron chi connectivity index (χ0n) is 37.6. The molecule has 342 valence electrons. The Hall–Kier alpha value is -3.59. The highest BCUT2D eigenvalue weighted by atomic mass is 16.5. The molecule has 2 aromatic heterocycles. The predicted molar refractivity (Wildman–Crippen MR) is 244 cm³/mol. The van der Waals surface area contributed by atoms with Crippen molar-refractivity contribution in [3.63, 3.8) is 0 Å². The second-order valence-electron chi connectivity index (χ2n) is 18.2. The van der Waals surface area contributed by atoms with E-state index in [4.69, 9.17) is 20.6 Å². The molecule has 61 heavy (non-hydrogen) atoms. The third-order valence-electron chi connectivity index (χ3n) is 13.4. The van der Waals surface area contributed by atoms with Gasteiger partial charge in [-0.3, -0.25) is 4.99 Å². The number of hydrogen-bond donors (Lipinski definition) is 10. The highest BCUT2D eigenvalue weighted by molar-refractivity contribution is 5.77. The molecule has 2 aliphatic carbocycles. The van der Waals surface area contributed by atoms with Crippen LogP contribution in [0.5, 0.6) is 11.5 Å². The molecule has 13 heteroatoms. The minimum Gasteiger partial charge on any atom is -0.504 e. The number of nitrogens with zero attached hydrogens (tertiary/aromatic N) is 1. The van der Waals surface area contributed by atoms with Gasteiger partial charge in [0.2, 0.25) is 0 Å². The van der Waals surface area contributed by atoms with Gasteiger partial charge in [0.1, 0.15) is 24.2 Å². The van der Waals surface area contributed by atoms with Crippen molar-refractivity contribution < 1.29 is 29.6 Å². The number of unbranched alkanes of at least 4 members (excludes halogenated alkanes) is 1. The molecule has 2 aliphatic rings. The first-order valence-corrected chi connectivity index (χ1v) is 23.3. The van der Waals surface area contributed by atoms with Crippen molar-refractivity contribution >= 4 is 5.96 Å². The highest BCUT2D eigenvalue weighted by Crippen LogP contribution is 2.49. The molecule has 2 heterocycles. The van der Waals surface area contributed by atoms with Crippen LogP contribution in [-0.4, -0.2) is 90.4 Å². The Morgan fingerprint density at radius 2 is 1.80 bits per heavy atom. The topological polar surface area (TPSA) is 220 Å². The second kappa shape index (κ2) is 24.9. The van der Waals surface area contributed by atoms with E-state index in [9.17, 15) is 20.4 Å². The van der Waals surface area contributed by atoms with Gasteiger partial charge >= 0.3 is 0 Å². The molecule has 3 aromatic rings. The Morgan fingerprint density at radius 3 is 2.56 bits per heavy atom. The molecule has 0 radical (unpaired) electrons. The lowest BCUT2D eigenvalue weighted by atomic mass is 9.76. The maximum Gasteiger partial charge on any atom is 0.188 e. The molecule has 13 nitrogen and oxygen atoms in total. The van der Waals surface area contributed by atoms with E-state index in [1.165, 1.54) is 43.4 Å². The van der Waals surface area contributed by atoms with Gasteiger partial charge in [-0.2, -0.15) is 0 Å². The summed E-state index contributed by atoms with van der Waals surface area (Å²) in [6.07, 6.45) is 14.3. The number of aliphatic hydroxyl groups is 3. The van der Waals surface area contributed by atoms with Gasteiger partial charge < -0.3 is 62.0 Å². The number of aromatic hydroxyl groups is 1. The number of nitrogens with two attached hydrogens (primary N) is 2. The third kappa shape index (κ3) is 14.5. The van der Waals surface area contributed by atoms with Crippen molar-refractivity contribution in [2.24, 2.45) is 40.1 Å². The van der Waals surface area contributed by atoms with Crippen LogP contribution in [0.2, 0.25) is 0 Å². The van der Waals surface area contributed by atoms with Crippen molar-refractivity contribution in [2.45, 2.75) is 141 Å². The van der Waals surface area contributed by atoms with Crippen LogP contribution in [0.4, 0.5) is 0 Å². The number of H-pyrrole nitrogens is 1. The normalized spacial score (nSPS) is 20.4. The van der Waals surface area contributed by atoms with E-state index >= 15 is 0 Å². The molecule has 1 saturated carbocycles. The Kier molecular flexibility index (Phi) is 19.8. The molecule has 8 atom stereocenters. The number of nitrogens with one attached hydrogen (secondary N) is 4. The summed E-state index contributed by atoms with van der Waals surface area (Å²) in [5.74, 6) is 5.16. The number of aryl methyl sites for hydroxylation is 4. The summed E-state index contributed by atoms with van der Waals surface area (Å²) >= 11 is 0. The number of hydrogen-bond acceptors (Lipinski definition) is 10. The molecule has 0 amide bonds. The molecule has 0 aliphatic heterocycles. The number of aliphatic hydroxyl groups excluding tert-OH is 3. The van der Waals surface area contributed by atoms with E-state index in [1.54, 1.807) is 13.1 Å². The van der Waals surface area contributed by atoms with E-state index in [-0.39, 0.29) is 30.9 Å². The zero-order chi connectivity index (χ0) is 43.7. The maximum atomic E-state index is 11.4. The fourth-order valence-corrected chi connectivity index (χ4v) is 10.0. The Labute approximate surface area is 364 Å². The molecule has 0 spiro atoms. The van der Waals surface area contributed by atoms with Gasteiger partial charge in [0.05, 0.1) is 12.7 Å². The first-order valence-electron chi connectivity index (χ1n) is 23.3. The smallest absolute Gasteiger partial charge is 0.188 e. The van der Waals surface area contributed by atoms with E-state index in [1.807, 2.05) is 32.2 Å². The van der Waals surface area contributed by atoms with E-state index in [0.717, 1.165) is 92.8 Å². The third-order valence-corrected chi connectivity index (χ3v) is 13.4. The number of aliphatic imine (C=N–C) groups is 1. The quantitative estimate of drug-likeness (QED) is 0.0254. The van der Waals surface area contributed by atoms with Gasteiger partial charge in [0, 0.05) is 68.4 Å². The van der Waals surface area contributed by atoms with Gasteiger partial charge in [0.25, 0.3) is 0 Å². The number of furan rings is 1. The zero-order valence-corrected chi connectivity index (χ0v) is 37.6. The lowest BCUT2D eigenvalue weighted by molar-refractivity contribution is 0.103. The lowest BCUT2D eigenvalue weighted by Gasteiger charge is -2.35. The summed E-state index contributed by atoms with van der Waals surface area (Å²) in [5, 5.41) is 52.6. The minimum atomic E-state index is -0.906. The molecule has 5 rings (SSSR count). The van der Waals surface area contributed by atoms with Crippen LogP contribution in [0.1, 0.15) is 136 Å². The number of guanidine groups is 1. The van der Waals surface area contributed by atoms with Gasteiger partial charge in [0.15, 0.2) is 17.5 Å². The Morgan fingerprint density at radius 1 is 0.984 bits per heavy atom. The Balaban J connectivity index is 1.12. The van der Waals surface area contributed by atoms with Crippen LogP contribution in [0, 0.1) is 23.7 Å². The average Bonchev–Trinajstić information content (AvgIpc) is 3.99. The van der Waals surface area contributed by atoms with Crippen LogP contribution in [0.15, 0.2) is 39.7 Å². The largest absolute Gasteiger partial charge is 0.504 e. The molecular formula is C48H79N7O6. The van der Waals surface area contributed by atoms with Gasteiger partial charge in [-0.15, -0.1) is 0 Å². The highest BCUT2D eigenvalue weighted by Gasteiger charge is 2.42. The van der Waals surface area contributed by atoms with Crippen LogP contribution in [-0.2, 0) is 32.3 Å². The maximum absolute atomic E-state index is 11.4. The fraction of sp³-hybridized carbons (Fsp3) is 0.688. The molecule has 0 unspecified atom stereocenters. The fourth-order valence-electron chi connectivity index (χ4n) is 10.0. The average molecular weight is 850 g/mol. The first kappa shape index (κ1) is 48.4. The number of phenols is 1. The molecule has 0 saturated heterocycles. The molecule has 1 aromatic carbocycles. The molecule has 0 bridgehead atoms. The van der Waals surface area contributed by atoms with E-state index < -0.39 is 12.2 Å². The van der Waals surface area contributed by atoms with Crippen molar-refractivity contribution in [3.8, 4) is 11.5 Å². The summed E-state index contributed by atoms with van der Waals surface area (Å²) in [6, 6.07) is 9.61. The Bertz CT molecular complexity index is 1760. The van der Waals surface area contributed by atoms with Crippen LogP contribution in [0.3, 0.4) is 0 Å². The van der Waals surface area contributed by atoms with Gasteiger partial charge in [-0.25, -0.2) is 0 Å². The number of likely N-dealkylation sites (N-methyl/N-ethyl adjacent to an activating group) is 1. The molecular weight excluding hydrogens is 771 g/mol. The summed E-state index contributed by atoms with van der Waals surface area (Å²) in [4.78, 5) is 7.54. The van der Waals surface area contributed by atoms with Crippen molar-refractivity contribution in [2.75, 3.05) is 46.9 Å². The van der Waals surface area contributed by atoms with Crippen molar-refractivity contribution in [1.82, 2.24) is 20.9 Å². The summed E-state index contributed by atoms with van der Waals surface area (Å²) < 4.78 is 12.4. The number of rotatable bonds is 27. The molecule has 12 N–H and O–H groups in total. The van der Waals surface area contributed by atoms with Crippen LogP contribution in [0.25, 0.3) is 0 Å². The summed E-state index contributed by atoms with van der Waals surface area (Å²) in [6.45, 7) is 6.85. The number of fused-ring (bicyclic) bond motifs is 2. The number of aromatic amines is 1. The molecule has 1 fully saturated rings. The standard InChI is InChI=1S/C48H79N7O6/c1-31(26-54-48(50)52-4)9-7-11-33(21-22-49)10-5-6-14-45-36(29-56)24-37(61-45)18-15-34-16-20-43(58)46(23-34)60-30-44(59)41-25-39-40(55-41)19-17-35-12-8-13-38(35)47(39)42(28-51-3)53-27-32(2)57/h16,20,23-25,31-33,35,38,42,44,47,51,53,55-59H,5-15,17-19,21-22,26-30,49H2,1-4H3,(H3,50,52,54)/t31-,32-,33-,35+,38-,42-,44-,47-/m0/s1. The number of ether oxygens (including phenoxy) is 1. The SMILES string of the molecule is CN=C(N)NC[C@@H](C)CCC[C@@H](CCN)CCCCc1oc(CCc2ccc(O)c(OC[C@H](O)c3cc4c([nH]3)CC[C@H]3CCC[C@@H]3[C@@H]4[C@H](CNC)NC[C@H](C)O)c2)cc1CO. The number of phenolic OH excluding ortho intramolecular Hbond substituents is 1. The summed E-state index contributed by atoms with van der Waals surface area (Å²) in [7, 11) is 3.67. The second-order valence-corrected chi connectivity index (χ2v) is 18.2. The minimum absolute atomic E-state index is 0.0101. The van der Waals surface area contributed by atoms with Crippen LogP contribution >= 0.6 is 0 Å². The van der Waals surface area contributed by atoms with E-state index in [0.29, 0.717) is 61.3 Å². The van der Waals surface area contributed by atoms with Crippen molar-refractivity contribution in [3.05, 3.63) is 69.9 Å². The van der Waals surface area contributed by atoms with E-state index in [2.05, 4.69) is 38.9 Å². The van der Waals surface area contributed by atoms with Gasteiger partial charge in [-0.05, 0) is 125 Å². The van der Waals surface area contributed by atoms with Gasteiger partial charge in [-0.1, -0.05) is 51.5 Å². The monoisotopic (exact) mass is 850 g/mol. The van der Waals surface area contributed by atoms with Crippen molar-refractivity contribution in [1.29, 1.82) is 0 Å². The predicted octanol–water partition coefficient (Wildman–Crippen LogP) is 5.73. The number of aromatic nitrogens is 1. The number of benzene rings is 1. The first-order chi connectivity index (χ1) is 29.5. The summed E-state index contributed by atoms with van der Waals surface area (Å²) in [5.41, 5.74) is 16.7. The van der Waals surface area contributed by atoms with Crippen LogP contribution < -0.4 is 32.2 Å². The lowest BCUT2D eigenvalue weighted by Crippen LogP contribution is -2.47.